The molecule has 2 rings (SSSR count). The maximum absolute atomic E-state index is 5.65. The highest BCUT2D eigenvalue weighted by atomic mass is 16.5. The highest BCUT2D eigenvalue weighted by Crippen LogP contribution is 2.30. The number of anilines is 1. The highest BCUT2D eigenvalue weighted by molar-refractivity contribution is 5.93. The molecule has 1 fully saturated rings. The van der Waals surface area contributed by atoms with E-state index in [9.17, 15) is 0 Å². The van der Waals surface area contributed by atoms with Crippen LogP contribution in [-0.2, 0) is 4.74 Å². The molecule has 0 aliphatic carbocycles. The maximum Gasteiger partial charge on any atom is 0.195 e. The standard InChI is InChI=1S/C20H34N4O3/c1-6-27-19-13-16(7-8-18(19)25-5)23-20(21-4)22-14-17(15(2)3)24-9-11-26-12-10-24/h7-8,13,15,17H,6,9-12,14H2,1-5H3,(H2,21,22,23). The molecule has 1 saturated heterocycles. The monoisotopic (exact) mass is 378 g/mol. The van der Waals surface area contributed by atoms with Crippen LogP contribution < -0.4 is 20.1 Å². The van der Waals surface area contributed by atoms with E-state index in [4.69, 9.17) is 14.2 Å². The third-order valence-electron chi connectivity index (χ3n) is 4.71. The van der Waals surface area contributed by atoms with Gasteiger partial charge < -0.3 is 24.8 Å². The maximum atomic E-state index is 5.65. The quantitative estimate of drug-likeness (QED) is 0.535. The highest BCUT2D eigenvalue weighted by Gasteiger charge is 2.23. The van der Waals surface area contributed by atoms with Crippen LogP contribution in [0.3, 0.4) is 0 Å². The lowest BCUT2D eigenvalue weighted by atomic mass is 10.0. The molecule has 1 aromatic rings. The summed E-state index contributed by atoms with van der Waals surface area (Å²) in [5.74, 6) is 2.71. The first-order valence-electron chi connectivity index (χ1n) is 9.69. The van der Waals surface area contributed by atoms with Crippen LogP contribution in [-0.4, -0.2) is 70.5 Å². The molecule has 1 unspecified atom stereocenters. The van der Waals surface area contributed by atoms with Crippen molar-refractivity contribution in [3.8, 4) is 11.5 Å². The Morgan fingerprint density at radius 2 is 2.00 bits per heavy atom. The molecule has 1 aromatic carbocycles. The summed E-state index contributed by atoms with van der Waals surface area (Å²) in [4.78, 5) is 6.85. The normalized spacial score (nSPS) is 16.9. The molecule has 0 aromatic heterocycles. The van der Waals surface area contributed by atoms with Gasteiger partial charge in [-0.05, 0) is 25.0 Å². The Labute approximate surface area is 163 Å². The largest absolute Gasteiger partial charge is 0.493 e. The number of methoxy groups -OCH3 is 1. The van der Waals surface area contributed by atoms with Gasteiger partial charge in [0.25, 0.3) is 0 Å². The van der Waals surface area contributed by atoms with E-state index >= 15 is 0 Å². The topological polar surface area (TPSA) is 67.4 Å². The predicted octanol–water partition coefficient (Wildman–Crippen LogP) is 2.44. The minimum atomic E-state index is 0.433. The average Bonchev–Trinajstić information content (AvgIpc) is 2.68. The smallest absolute Gasteiger partial charge is 0.195 e. The summed E-state index contributed by atoms with van der Waals surface area (Å²) in [5.41, 5.74) is 0.903. The second-order valence-electron chi connectivity index (χ2n) is 6.84. The van der Waals surface area contributed by atoms with E-state index in [1.165, 1.54) is 0 Å². The van der Waals surface area contributed by atoms with Crippen molar-refractivity contribution in [1.82, 2.24) is 10.2 Å². The molecule has 1 atom stereocenters. The molecule has 0 spiro atoms. The number of nitrogens with zero attached hydrogens (tertiary/aromatic N) is 2. The number of rotatable bonds is 8. The number of hydrogen-bond donors (Lipinski definition) is 2. The van der Waals surface area contributed by atoms with Gasteiger partial charge in [-0.25, -0.2) is 0 Å². The minimum absolute atomic E-state index is 0.433. The third kappa shape index (κ3) is 6.29. The first-order valence-corrected chi connectivity index (χ1v) is 9.69. The van der Waals surface area contributed by atoms with Gasteiger partial charge in [-0.2, -0.15) is 0 Å². The van der Waals surface area contributed by atoms with Gasteiger partial charge in [-0.15, -0.1) is 0 Å². The average molecular weight is 379 g/mol. The van der Waals surface area contributed by atoms with E-state index in [2.05, 4.69) is 34.4 Å². The van der Waals surface area contributed by atoms with Crippen LogP contribution in [0, 0.1) is 5.92 Å². The zero-order valence-corrected chi connectivity index (χ0v) is 17.2. The van der Waals surface area contributed by atoms with Gasteiger partial charge in [0.15, 0.2) is 17.5 Å². The van der Waals surface area contributed by atoms with Crippen molar-refractivity contribution in [3.63, 3.8) is 0 Å². The first-order chi connectivity index (χ1) is 13.1. The number of guanidine groups is 1. The van der Waals surface area contributed by atoms with Crippen LogP contribution in [0.1, 0.15) is 20.8 Å². The Morgan fingerprint density at radius 3 is 2.59 bits per heavy atom. The van der Waals surface area contributed by atoms with Crippen molar-refractivity contribution in [2.75, 3.05) is 58.9 Å². The number of morpholine rings is 1. The molecule has 0 saturated carbocycles. The second kappa shape index (κ2) is 11.0. The number of aliphatic imine (C=N–C) groups is 1. The van der Waals surface area contributed by atoms with E-state index in [0.29, 0.717) is 24.3 Å². The van der Waals surface area contributed by atoms with Gasteiger partial charge in [-0.3, -0.25) is 9.89 Å². The summed E-state index contributed by atoms with van der Waals surface area (Å²) in [5, 5.41) is 6.80. The SMILES string of the molecule is CCOc1cc(NC(=NC)NCC(C(C)C)N2CCOCC2)ccc1OC. The molecule has 1 aliphatic heterocycles. The van der Waals surface area contributed by atoms with Gasteiger partial charge in [0, 0.05) is 44.5 Å². The number of benzene rings is 1. The summed E-state index contributed by atoms with van der Waals surface area (Å²) in [6, 6.07) is 6.21. The lowest BCUT2D eigenvalue weighted by Gasteiger charge is -2.37. The molecule has 7 nitrogen and oxygen atoms in total. The van der Waals surface area contributed by atoms with Gasteiger partial charge in [0.05, 0.1) is 26.9 Å². The van der Waals surface area contributed by atoms with Crippen LogP contribution in [0.5, 0.6) is 11.5 Å². The molecule has 0 bridgehead atoms. The molecular formula is C20H34N4O3. The fraction of sp³-hybridized carbons (Fsp3) is 0.650. The molecule has 0 radical (unpaired) electrons. The molecule has 0 amide bonds. The van der Waals surface area contributed by atoms with Crippen molar-refractivity contribution < 1.29 is 14.2 Å². The van der Waals surface area contributed by atoms with Gasteiger partial charge in [-0.1, -0.05) is 13.8 Å². The van der Waals surface area contributed by atoms with Crippen LogP contribution in [0.15, 0.2) is 23.2 Å². The zero-order chi connectivity index (χ0) is 19.6. The molecule has 27 heavy (non-hydrogen) atoms. The Hall–Kier alpha value is -1.99. The minimum Gasteiger partial charge on any atom is -0.493 e. The van der Waals surface area contributed by atoms with E-state index < -0.39 is 0 Å². The lowest BCUT2D eigenvalue weighted by Crippen LogP contribution is -2.51. The molecule has 1 aliphatic rings. The van der Waals surface area contributed by atoms with Crippen molar-refractivity contribution >= 4 is 11.6 Å². The van der Waals surface area contributed by atoms with Crippen molar-refractivity contribution in [1.29, 1.82) is 0 Å². The fourth-order valence-electron chi connectivity index (χ4n) is 3.24. The van der Waals surface area contributed by atoms with Crippen molar-refractivity contribution in [2.45, 2.75) is 26.8 Å². The Morgan fingerprint density at radius 1 is 1.26 bits per heavy atom. The molecule has 7 heteroatoms. The summed E-state index contributed by atoms with van der Waals surface area (Å²) in [6.45, 7) is 11.5. The predicted molar refractivity (Wildman–Crippen MR) is 110 cm³/mol. The van der Waals surface area contributed by atoms with E-state index in [1.807, 2.05) is 25.1 Å². The number of nitrogens with one attached hydrogen (secondary N) is 2. The Kier molecular flexibility index (Phi) is 8.67. The summed E-state index contributed by atoms with van der Waals surface area (Å²) in [6.07, 6.45) is 0. The molecule has 2 N–H and O–H groups in total. The van der Waals surface area contributed by atoms with Crippen LogP contribution >= 0.6 is 0 Å². The summed E-state index contributed by atoms with van der Waals surface area (Å²) >= 11 is 0. The van der Waals surface area contributed by atoms with E-state index in [-0.39, 0.29) is 0 Å². The summed E-state index contributed by atoms with van der Waals surface area (Å²) < 4.78 is 16.5. The third-order valence-corrected chi connectivity index (χ3v) is 4.71. The molecule has 1 heterocycles. The molecular weight excluding hydrogens is 344 g/mol. The number of hydrogen-bond acceptors (Lipinski definition) is 5. The van der Waals surface area contributed by atoms with Crippen LogP contribution in [0.25, 0.3) is 0 Å². The number of ether oxygens (including phenoxy) is 3. The van der Waals surface area contributed by atoms with E-state index in [1.54, 1.807) is 14.2 Å². The van der Waals surface area contributed by atoms with Crippen LogP contribution in [0.4, 0.5) is 5.69 Å². The van der Waals surface area contributed by atoms with E-state index in [0.717, 1.165) is 50.2 Å². The first kappa shape index (κ1) is 21.3. The van der Waals surface area contributed by atoms with Gasteiger partial charge in [0.2, 0.25) is 0 Å². The van der Waals surface area contributed by atoms with Crippen molar-refractivity contribution in [3.05, 3.63) is 18.2 Å². The Balaban J connectivity index is 1.99. The zero-order valence-electron chi connectivity index (χ0n) is 17.2. The summed E-state index contributed by atoms with van der Waals surface area (Å²) in [7, 11) is 3.42. The molecule has 152 valence electrons. The fourth-order valence-corrected chi connectivity index (χ4v) is 3.24. The van der Waals surface area contributed by atoms with Gasteiger partial charge in [0.1, 0.15) is 0 Å². The van der Waals surface area contributed by atoms with Crippen molar-refractivity contribution in [2.24, 2.45) is 10.9 Å². The Bertz CT molecular complexity index is 601. The second-order valence-corrected chi connectivity index (χ2v) is 6.84. The van der Waals surface area contributed by atoms with Gasteiger partial charge >= 0.3 is 0 Å². The van der Waals surface area contributed by atoms with Crippen LogP contribution in [0.2, 0.25) is 0 Å². The lowest BCUT2D eigenvalue weighted by molar-refractivity contribution is 0.00757.